The summed E-state index contributed by atoms with van der Waals surface area (Å²) >= 11 is 0. The highest BCUT2D eigenvalue weighted by atomic mass is 19.3. The molecule has 0 unspecified atom stereocenters. The lowest BCUT2D eigenvalue weighted by Gasteiger charge is -2.15. The number of carbonyl (C=O) groups is 1. The maximum absolute atomic E-state index is 13.1. The number of carbonyl (C=O) groups excluding carboxylic acids is 1. The number of pyridine rings is 1. The van der Waals surface area contributed by atoms with Gasteiger partial charge < -0.3 is 0 Å². The van der Waals surface area contributed by atoms with E-state index >= 15 is 0 Å². The number of alkyl halides is 2. The maximum atomic E-state index is 13.1. The number of Topliss-reactive ketones (excluding diaryl/α,β-unsaturated/α-hetero) is 1. The van der Waals surface area contributed by atoms with E-state index in [1.807, 2.05) is 30.2 Å². The first kappa shape index (κ1) is 16.1. The van der Waals surface area contributed by atoms with Crippen LogP contribution in [0.3, 0.4) is 0 Å². The third kappa shape index (κ3) is 3.58. The SMILES string of the molecule is CCC(=O)c1cnn2cc(CCCN3CCC(F)(F)C3)ccc12. The summed E-state index contributed by atoms with van der Waals surface area (Å²) in [6, 6.07) is 3.90. The Kier molecular flexibility index (Phi) is 4.43. The lowest BCUT2D eigenvalue weighted by molar-refractivity contribution is 0.0122. The average Bonchev–Trinajstić information content (AvgIpc) is 3.09. The van der Waals surface area contributed by atoms with E-state index < -0.39 is 5.92 Å². The fourth-order valence-corrected chi connectivity index (χ4v) is 3.08. The van der Waals surface area contributed by atoms with Gasteiger partial charge in [-0.3, -0.25) is 9.69 Å². The average molecular weight is 321 g/mol. The first-order valence-electron chi connectivity index (χ1n) is 8.08. The number of aryl methyl sites for hydroxylation is 1. The van der Waals surface area contributed by atoms with Gasteiger partial charge in [-0.15, -0.1) is 0 Å². The topological polar surface area (TPSA) is 37.6 Å². The van der Waals surface area contributed by atoms with Gasteiger partial charge in [-0.2, -0.15) is 5.10 Å². The van der Waals surface area contributed by atoms with Crippen molar-refractivity contribution in [2.24, 2.45) is 0 Å². The van der Waals surface area contributed by atoms with Crippen molar-refractivity contribution < 1.29 is 13.6 Å². The molecule has 0 amide bonds. The largest absolute Gasteiger partial charge is 0.297 e. The molecule has 2 aromatic rings. The van der Waals surface area contributed by atoms with Gasteiger partial charge in [-0.25, -0.2) is 13.3 Å². The second-order valence-corrected chi connectivity index (χ2v) is 6.19. The molecule has 0 aromatic carbocycles. The first-order valence-corrected chi connectivity index (χ1v) is 8.08. The van der Waals surface area contributed by atoms with Crippen LogP contribution in [-0.2, 0) is 6.42 Å². The molecule has 0 N–H and O–H groups in total. The van der Waals surface area contributed by atoms with Gasteiger partial charge in [0, 0.05) is 25.6 Å². The second kappa shape index (κ2) is 6.35. The quantitative estimate of drug-likeness (QED) is 0.767. The molecule has 1 aliphatic heterocycles. The Hall–Kier alpha value is -1.82. The zero-order valence-corrected chi connectivity index (χ0v) is 13.3. The Morgan fingerprint density at radius 2 is 2.22 bits per heavy atom. The highest BCUT2D eigenvalue weighted by molar-refractivity contribution is 6.01. The van der Waals surface area contributed by atoms with Crippen molar-refractivity contribution in [1.29, 1.82) is 0 Å². The van der Waals surface area contributed by atoms with Crippen molar-refractivity contribution in [2.45, 2.75) is 38.5 Å². The second-order valence-electron chi connectivity index (χ2n) is 6.19. The van der Waals surface area contributed by atoms with Gasteiger partial charge in [0.1, 0.15) is 0 Å². The smallest absolute Gasteiger partial charge is 0.261 e. The van der Waals surface area contributed by atoms with Crippen LogP contribution in [0.15, 0.2) is 24.5 Å². The summed E-state index contributed by atoms with van der Waals surface area (Å²) in [6.07, 6.45) is 5.61. The van der Waals surface area contributed by atoms with Crippen LogP contribution in [0, 0.1) is 0 Å². The number of ketones is 1. The highest BCUT2D eigenvalue weighted by Gasteiger charge is 2.37. The summed E-state index contributed by atoms with van der Waals surface area (Å²) in [5.41, 5.74) is 2.57. The van der Waals surface area contributed by atoms with Gasteiger partial charge in [0.15, 0.2) is 5.78 Å². The molecule has 0 bridgehead atoms. The number of hydrogen-bond acceptors (Lipinski definition) is 3. The summed E-state index contributed by atoms with van der Waals surface area (Å²) in [6.45, 7) is 2.88. The fourth-order valence-electron chi connectivity index (χ4n) is 3.08. The van der Waals surface area contributed by atoms with Gasteiger partial charge in [0.25, 0.3) is 5.92 Å². The Balaban J connectivity index is 1.60. The van der Waals surface area contributed by atoms with Crippen LogP contribution in [0.4, 0.5) is 8.78 Å². The van der Waals surface area contributed by atoms with Crippen LogP contribution in [0.2, 0.25) is 0 Å². The van der Waals surface area contributed by atoms with Crippen molar-refractivity contribution in [3.8, 4) is 0 Å². The van der Waals surface area contributed by atoms with E-state index in [1.165, 1.54) is 0 Å². The minimum atomic E-state index is -2.52. The van der Waals surface area contributed by atoms with E-state index in [2.05, 4.69) is 5.10 Å². The molecule has 0 saturated carbocycles. The van der Waals surface area contributed by atoms with E-state index in [4.69, 9.17) is 0 Å². The number of likely N-dealkylation sites (tertiary alicyclic amines) is 1. The number of halogens is 2. The number of hydrogen-bond donors (Lipinski definition) is 0. The molecule has 6 heteroatoms. The summed E-state index contributed by atoms with van der Waals surface area (Å²) in [4.78, 5) is 13.6. The zero-order chi connectivity index (χ0) is 16.4. The van der Waals surface area contributed by atoms with Crippen molar-refractivity contribution in [2.75, 3.05) is 19.6 Å². The third-order valence-electron chi connectivity index (χ3n) is 4.39. The molecule has 0 radical (unpaired) electrons. The number of rotatable bonds is 6. The summed E-state index contributed by atoms with van der Waals surface area (Å²) in [5, 5.41) is 4.24. The Labute approximate surface area is 134 Å². The van der Waals surface area contributed by atoms with Crippen LogP contribution in [0.1, 0.15) is 42.1 Å². The number of nitrogens with zero attached hydrogens (tertiary/aromatic N) is 3. The predicted molar refractivity (Wildman–Crippen MR) is 84.1 cm³/mol. The van der Waals surface area contributed by atoms with Gasteiger partial charge in [-0.1, -0.05) is 13.0 Å². The van der Waals surface area contributed by atoms with E-state index in [0.29, 0.717) is 25.1 Å². The molecule has 3 heterocycles. The molecule has 0 spiro atoms. The van der Waals surface area contributed by atoms with Crippen LogP contribution < -0.4 is 0 Å². The minimum absolute atomic E-state index is 0.0273. The van der Waals surface area contributed by atoms with Crippen LogP contribution in [0.5, 0.6) is 0 Å². The van der Waals surface area contributed by atoms with Gasteiger partial charge >= 0.3 is 0 Å². The molecule has 4 nitrogen and oxygen atoms in total. The molecular formula is C17H21F2N3O. The monoisotopic (exact) mass is 321 g/mol. The molecule has 3 rings (SSSR count). The molecule has 23 heavy (non-hydrogen) atoms. The standard InChI is InChI=1S/C17H21F2N3O/c1-2-16(23)14-10-20-22-11-13(5-6-15(14)22)4-3-8-21-9-7-17(18,19)12-21/h5-6,10-11H,2-4,7-9,12H2,1H3. The normalized spacial score (nSPS) is 17.9. The van der Waals surface area contributed by atoms with Crippen LogP contribution in [-0.4, -0.2) is 45.9 Å². The molecule has 124 valence electrons. The summed E-state index contributed by atoms with van der Waals surface area (Å²) in [7, 11) is 0. The molecule has 1 fully saturated rings. The van der Waals surface area contributed by atoms with Crippen molar-refractivity contribution in [1.82, 2.24) is 14.5 Å². The maximum Gasteiger partial charge on any atom is 0.261 e. The van der Waals surface area contributed by atoms with Crippen molar-refractivity contribution in [3.05, 3.63) is 35.7 Å². The Morgan fingerprint density at radius 1 is 1.39 bits per heavy atom. The van der Waals surface area contributed by atoms with E-state index in [9.17, 15) is 13.6 Å². The van der Waals surface area contributed by atoms with Crippen molar-refractivity contribution >= 4 is 11.3 Å². The molecule has 1 saturated heterocycles. The van der Waals surface area contributed by atoms with Crippen LogP contribution >= 0.6 is 0 Å². The predicted octanol–water partition coefficient (Wildman–Crippen LogP) is 3.20. The van der Waals surface area contributed by atoms with E-state index in [0.717, 1.165) is 23.9 Å². The molecule has 1 aliphatic rings. The van der Waals surface area contributed by atoms with Gasteiger partial charge in [0.05, 0.1) is 23.8 Å². The lowest BCUT2D eigenvalue weighted by Crippen LogP contribution is -2.26. The third-order valence-corrected chi connectivity index (χ3v) is 4.39. The summed E-state index contributed by atoms with van der Waals surface area (Å²) in [5.74, 6) is -2.43. The van der Waals surface area contributed by atoms with Crippen molar-refractivity contribution in [3.63, 3.8) is 0 Å². The Morgan fingerprint density at radius 3 is 2.91 bits per heavy atom. The summed E-state index contributed by atoms with van der Waals surface area (Å²) < 4.78 is 28.0. The van der Waals surface area contributed by atoms with E-state index in [-0.39, 0.29) is 18.7 Å². The molecular weight excluding hydrogens is 300 g/mol. The lowest BCUT2D eigenvalue weighted by atomic mass is 10.1. The van der Waals surface area contributed by atoms with Gasteiger partial charge in [-0.05, 0) is 31.0 Å². The highest BCUT2D eigenvalue weighted by Crippen LogP contribution is 2.26. The minimum Gasteiger partial charge on any atom is -0.297 e. The molecule has 0 aliphatic carbocycles. The molecule has 0 atom stereocenters. The Bertz CT molecular complexity index is 711. The number of fused-ring (bicyclic) bond motifs is 1. The fraction of sp³-hybridized carbons (Fsp3) is 0.529. The first-order chi connectivity index (χ1) is 11.0. The zero-order valence-electron chi connectivity index (χ0n) is 13.3. The molecule has 2 aromatic heterocycles. The van der Waals surface area contributed by atoms with Crippen LogP contribution in [0.25, 0.3) is 5.52 Å². The van der Waals surface area contributed by atoms with Gasteiger partial charge in [0.2, 0.25) is 0 Å². The van der Waals surface area contributed by atoms with E-state index in [1.54, 1.807) is 10.7 Å². The number of aromatic nitrogens is 2.